The van der Waals surface area contributed by atoms with E-state index in [0.29, 0.717) is 6.04 Å². The van der Waals surface area contributed by atoms with E-state index in [1.54, 1.807) is 0 Å². The molecule has 26 heavy (non-hydrogen) atoms. The minimum Gasteiger partial charge on any atom is -0.352 e. The van der Waals surface area contributed by atoms with Crippen molar-refractivity contribution in [2.24, 2.45) is 0 Å². The Labute approximate surface area is 161 Å². The van der Waals surface area contributed by atoms with Gasteiger partial charge in [0.05, 0.1) is 17.8 Å². The van der Waals surface area contributed by atoms with Gasteiger partial charge in [0.15, 0.2) is 5.11 Å². The van der Waals surface area contributed by atoms with Gasteiger partial charge in [-0.2, -0.15) is 0 Å². The molecule has 4 rings (SSSR count). The average molecular weight is 369 g/mol. The Morgan fingerprint density at radius 2 is 2.04 bits per heavy atom. The molecule has 2 atom stereocenters. The van der Waals surface area contributed by atoms with Crippen LogP contribution in [-0.4, -0.2) is 26.1 Å². The van der Waals surface area contributed by atoms with E-state index < -0.39 is 0 Å². The standard InChI is InChI=1S/C21H28N4S/c1-2-13-25-20(19(23-21(25)26)18-10-6-7-12-22-18)16-11-14-24(15-16)17-8-4-3-5-9-17/h6-7,10-12,14-15,17,19-20H,2-5,8-9,13H2,1H3,(H,23,26)/t19-,20-/m0/s1. The maximum Gasteiger partial charge on any atom is 0.170 e. The largest absolute Gasteiger partial charge is 0.352 e. The molecular formula is C21H28N4S. The number of aromatic nitrogens is 2. The van der Waals surface area contributed by atoms with E-state index in [1.165, 1.54) is 37.7 Å². The second-order valence-electron chi connectivity index (χ2n) is 7.50. The van der Waals surface area contributed by atoms with Gasteiger partial charge < -0.3 is 14.8 Å². The zero-order chi connectivity index (χ0) is 17.9. The Morgan fingerprint density at radius 3 is 2.77 bits per heavy atom. The highest BCUT2D eigenvalue weighted by atomic mass is 32.1. The minimum absolute atomic E-state index is 0.109. The van der Waals surface area contributed by atoms with E-state index in [0.717, 1.165) is 23.8 Å². The van der Waals surface area contributed by atoms with Crippen LogP contribution >= 0.6 is 12.2 Å². The van der Waals surface area contributed by atoms with Crippen LogP contribution in [0.1, 0.15) is 74.8 Å². The van der Waals surface area contributed by atoms with Crippen molar-refractivity contribution in [3.05, 3.63) is 54.1 Å². The average Bonchev–Trinajstić information content (AvgIpc) is 3.29. The third-order valence-electron chi connectivity index (χ3n) is 5.74. The van der Waals surface area contributed by atoms with Gasteiger partial charge in [-0.05, 0) is 55.2 Å². The van der Waals surface area contributed by atoms with Gasteiger partial charge >= 0.3 is 0 Å². The maximum atomic E-state index is 5.67. The third kappa shape index (κ3) is 3.37. The van der Waals surface area contributed by atoms with Gasteiger partial charge in [-0.1, -0.05) is 32.3 Å². The highest BCUT2D eigenvalue weighted by Gasteiger charge is 2.39. The summed E-state index contributed by atoms with van der Waals surface area (Å²) in [5.41, 5.74) is 2.40. The summed E-state index contributed by atoms with van der Waals surface area (Å²) in [6, 6.07) is 9.38. The Kier molecular flexibility index (Phi) is 5.25. The fourth-order valence-corrected chi connectivity index (χ4v) is 4.79. The quantitative estimate of drug-likeness (QED) is 0.771. The molecule has 3 heterocycles. The van der Waals surface area contributed by atoms with Crippen LogP contribution in [0.4, 0.5) is 0 Å². The van der Waals surface area contributed by atoms with Crippen LogP contribution in [0, 0.1) is 0 Å². The molecule has 1 aliphatic heterocycles. The van der Waals surface area contributed by atoms with E-state index in [1.807, 2.05) is 12.3 Å². The van der Waals surface area contributed by atoms with E-state index in [2.05, 4.69) is 57.3 Å². The molecule has 1 N–H and O–H groups in total. The minimum atomic E-state index is 0.109. The second kappa shape index (κ2) is 7.78. The smallest absolute Gasteiger partial charge is 0.170 e. The molecule has 2 fully saturated rings. The lowest BCUT2D eigenvalue weighted by Gasteiger charge is -2.27. The summed E-state index contributed by atoms with van der Waals surface area (Å²) in [6.45, 7) is 3.18. The molecular weight excluding hydrogens is 340 g/mol. The van der Waals surface area contributed by atoms with Gasteiger partial charge in [0.1, 0.15) is 0 Å². The van der Waals surface area contributed by atoms with Crippen LogP contribution < -0.4 is 5.32 Å². The molecule has 0 spiro atoms. The van der Waals surface area contributed by atoms with Crippen LogP contribution in [0.2, 0.25) is 0 Å². The van der Waals surface area contributed by atoms with Gasteiger partial charge in [-0.25, -0.2) is 0 Å². The molecule has 138 valence electrons. The molecule has 1 saturated heterocycles. The lowest BCUT2D eigenvalue weighted by atomic mass is 9.95. The Hall–Kier alpha value is -1.88. The molecule has 0 unspecified atom stereocenters. The summed E-state index contributed by atoms with van der Waals surface area (Å²) in [6.07, 6.45) is 14.3. The molecule has 5 heteroatoms. The summed E-state index contributed by atoms with van der Waals surface area (Å²) >= 11 is 5.67. The highest BCUT2D eigenvalue weighted by Crippen LogP contribution is 2.39. The summed E-state index contributed by atoms with van der Waals surface area (Å²) in [5.74, 6) is 0. The first-order chi connectivity index (χ1) is 12.8. The number of nitrogens with zero attached hydrogens (tertiary/aromatic N) is 3. The van der Waals surface area contributed by atoms with Gasteiger partial charge in [0, 0.05) is 31.2 Å². The van der Waals surface area contributed by atoms with Crippen LogP contribution in [0.5, 0.6) is 0 Å². The Balaban J connectivity index is 1.65. The van der Waals surface area contributed by atoms with E-state index in [4.69, 9.17) is 12.2 Å². The maximum absolute atomic E-state index is 5.67. The molecule has 1 saturated carbocycles. The highest BCUT2D eigenvalue weighted by molar-refractivity contribution is 7.80. The molecule has 0 radical (unpaired) electrons. The lowest BCUT2D eigenvalue weighted by Crippen LogP contribution is -2.30. The van der Waals surface area contributed by atoms with Crippen LogP contribution in [0.25, 0.3) is 0 Å². The Bertz CT molecular complexity index is 735. The summed E-state index contributed by atoms with van der Waals surface area (Å²) < 4.78 is 2.44. The van der Waals surface area contributed by atoms with Crippen LogP contribution in [-0.2, 0) is 0 Å². The van der Waals surface area contributed by atoms with Crippen molar-refractivity contribution in [3.8, 4) is 0 Å². The number of thiocarbonyl (C=S) groups is 1. The lowest BCUT2D eigenvalue weighted by molar-refractivity contribution is 0.315. The molecule has 0 amide bonds. The monoisotopic (exact) mass is 368 g/mol. The SMILES string of the molecule is CCCN1C(=S)N[C@@H](c2ccccn2)[C@@H]1c1ccn(C2CCCCC2)c1. The van der Waals surface area contributed by atoms with E-state index >= 15 is 0 Å². The second-order valence-corrected chi connectivity index (χ2v) is 7.89. The van der Waals surface area contributed by atoms with Crippen molar-refractivity contribution in [2.75, 3.05) is 6.54 Å². The fourth-order valence-electron chi connectivity index (χ4n) is 4.46. The Morgan fingerprint density at radius 1 is 1.19 bits per heavy atom. The van der Waals surface area contributed by atoms with Gasteiger partial charge in [-0.3, -0.25) is 4.98 Å². The molecule has 4 nitrogen and oxygen atoms in total. The van der Waals surface area contributed by atoms with Gasteiger partial charge in [0.25, 0.3) is 0 Å². The zero-order valence-electron chi connectivity index (χ0n) is 15.5. The van der Waals surface area contributed by atoms with Crippen molar-refractivity contribution in [3.63, 3.8) is 0 Å². The number of hydrogen-bond acceptors (Lipinski definition) is 2. The zero-order valence-corrected chi connectivity index (χ0v) is 16.3. The third-order valence-corrected chi connectivity index (χ3v) is 6.09. The van der Waals surface area contributed by atoms with Gasteiger partial charge in [-0.15, -0.1) is 0 Å². The van der Waals surface area contributed by atoms with Crippen LogP contribution in [0.3, 0.4) is 0 Å². The number of rotatable bonds is 5. The van der Waals surface area contributed by atoms with Gasteiger partial charge in [0.2, 0.25) is 0 Å². The molecule has 0 aromatic carbocycles. The van der Waals surface area contributed by atoms with Crippen molar-refractivity contribution in [1.29, 1.82) is 0 Å². The molecule has 2 aromatic heterocycles. The molecule has 2 aromatic rings. The summed E-state index contributed by atoms with van der Waals surface area (Å²) in [7, 11) is 0. The van der Waals surface area contributed by atoms with Crippen molar-refractivity contribution in [1.82, 2.24) is 19.8 Å². The first kappa shape index (κ1) is 17.5. The number of hydrogen-bond donors (Lipinski definition) is 1. The first-order valence-electron chi connectivity index (χ1n) is 9.93. The molecule has 2 aliphatic rings. The number of pyridine rings is 1. The normalized spacial score (nSPS) is 24.0. The summed E-state index contributed by atoms with van der Waals surface area (Å²) in [4.78, 5) is 6.95. The van der Waals surface area contributed by atoms with Crippen LogP contribution in [0.15, 0.2) is 42.9 Å². The van der Waals surface area contributed by atoms with Crippen molar-refractivity contribution < 1.29 is 0 Å². The van der Waals surface area contributed by atoms with Crippen molar-refractivity contribution >= 4 is 17.3 Å². The molecule has 1 aliphatic carbocycles. The fraction of sp³-hybridized carbons (Fsp3) is 0.524. The predicted molar refractivity (Wildman–Crippen MR) is 109 cm³/mol. The predicted octanol–water partition coefficient (Wildman–Crippen LogP) is 4.77. The van der Waals surface area contributed by atoms with Crippen molar-refractivity contribution in [2.45, 2.75) is 63.6 Å². The first-order valence-corrected chi connectivity index (χ1v) is 10.3. The van der Waals surface area contributed by atoms with E-state index in [-0.39, 0.29) is 12.1 Å². The van der Waals surface area contributed by atoms with E-state index in [9.17, 15) is 0 Å². The number of nitrogens with one attached hydrogen (secondary N) is 1. The topological polar surface area (TPSA) is 33.1 Å². The molecule has 0 bridgehead atoms. The summed E-state index contributed by atoms with van der Waals surface area (Å²) in [5, 5.41) is 4.37.